The first-order chi connectivity index (χ1) is 13.0. The Labute approximate surface area is 166 Å². The van der Waals surface area contributed by atoms with Gasteiger partial charge in [0.15, 0.2) is 0 Å². The predicted molar refractivity (Wildman–Crippen MR) is 99.8 cm³/mol. The van der Waals surface area contributed by atoms with Crippen molar-refractivity contribution in [2.24, 2.45) is 0 Å². The summed E-state index contributed by atoms with van der Waals surface area (Å²) in [6.07, 6.45) is -3.06. The fraction of sp³-hybridized carbons (Fsp3) is 0.867. The van der Waals surface area contributed by atoms with Crippen molar-refractivity contribution in [2.45, 2.75) is 67.2 Å². The Hall–Kier alpha value is -1.56. The van der Waals surface area contributed by atoms with Crippen LogP contribution in [0.4, 0.5) is 9.59 Å². The number of rotatable bonds is 11. The molecule has 13 heteroatoms. The Morgan fingerprint density at radius 2 is 1.25 bits per heavy atom. The van der Waals surface area contributed by atoms with E-state index in [9.17, 15) is 14.2 Å². The zero-order valence-electron chi connectivity index (χ0n) is 17.5. The molecular formula is C15H33N3O9P+. The number of nitrogens with zero attached hydrogens (tertiary/aromatic N) is 1. The number of carbonyl (C=O) groups excluding carboxylic acids is 2. The van der Waals surface area contributed by atoms with Crippen molar-refractivity contribution in [2.75, 3.05) is 19.6 Å². The lowest BCUT2D eigenvalue weighted by Crippen LogP contribution is -2.37. The highest BCUT2D eigenvalue weighted by molar-refractivity contribution is 7.32. The summed E-state index contributed by atoms with van der Waals surface area (Å²) in [5.74, 6) is 0. The number of hydrogen-bond donors (Lipinski definition) is 3. The minimum atomic E-state index is -3.19. The van der Waals surface area contributed by atoms with Crippen LogP contribution >= 0.6 is 8.25 Å². The molecule has 0 fully saturated rings. The molecule has 1 atom stereocenters. The molecule has 0 heterocycles. The topological polar surface area (TPSA) is 145 Å². The molecule has 0 bridgehead atoms. The molecule has 0 aliphatic heterocycles. The van der Waals surface area contributed by atoms with E-state index in [-0.39, 0.29) is 12.2 Å². The van der Waals surface area contributed by atoms with Crippen LogP contribution in [0.5, 0.6) is 0 Å². The number of hydroxylamine groups is 2. The van der Waals surface area contributed by atoms with Crippen molar-refractivity contribution >= 4 is 20.4 Å². The zero-order valence-corrected chi connectivity index (χ0v) is 18.4. The average molecular weight is 430 g/mol. The number of amides is 2. The molecular weight excluding hydrogens is 397 g/mol. The van der Waals surface area contributed by atoms with Crippen LogP contribution in [-0.2, 0) is 28.2 Å². The van der Waals surface area contributed by atoms with Crippen LogP contribution in [0.25, 0.3) is 0 Å². The van der Waals surface area contributed by atoms with Gasteiger partial charge in [-0.15, -0.1) is 4.89 Å². The summed E-state index contributed by atoms with van der Waals surface area (Å²) in [7, 11) is -3.19. The standard InChI is InChI=1S/C9H17N2O9P.C6H15N/c1-5(2)18-10-7(12)16-9(20-21(14)15)17-8(13)11-19-6(3)4;1-4-7(5-2)6-3/h5-6,9H,1-4H3,(H2-,10,11,12,13,14,15);4-6H2,1-3H3/p+1. The first kappa shape index (κ1) is 28.6. The van der Waals surface area contributed by atoms with Gasteiger partial charge < -0.3 is 14.4 Å². The summed E-state index contributed by atoms with van der Waals surface area (Å²) in [5, 5.41) is 0. The summed E-state index contributed by atoms with van der Waals surface area (Å²) in [4.78, 5) is 42.8. The maximum atomic E-state index is 11.2. The van der Waals surface area contributed by atoms with Gasteiger partial charge in [0, 0.05) is 4.57 Å². The molecule has 0 radical (unpaired) electrons. The van der Waals surface area contributed by atoms with Crippen molar-refractivity contribution in [1.82, 2.24) is 15.9 Å². The van der Waals surface area contributed by atoms with E-state index in [2.05, 4.69) is 39.7 Å². The third-order valence-corrected chi connectivity index (χ3v) is 3.03. The van der Waals surface area contributed by atoms with E-state index >= 15 is 0 Å². The number of hydrogen-bond acceptors (Lipinski definition) is 9. The van der Waals surface area contributed by atoms with Gasteiger partial charge in [0.05, 0.1) is 12.2 Å². The average Bonchev–Trinajstić information content (AvgIpc) is 2.59. The van der Waals surface area contributed by atoms with Gasteiger partial charge in [-0.2, -0.15) is 11.0 Å². The SMILES string of the molecule is CC(C)ONC(=O)OC(OC(=O)NOC(C)C)O[P+](=O)O.CCN(CC)CC. The Morgan fingerprint density at radius 1 is 0.893 bits per heavy atom. The number of nitrogens with one attached hydrogen (secondary N) is 2. The lowest BCUT2D eigenvalue weighted by Gasteiger charge is -2.14. The van der Waals surface area contributed by atoms with E-state index < -0.39 is 26.9 Å². The molecule has 166 valence electrons. The van der Waals surface area contributed by atoms with Gasteiger partial charge in [-0.05, 0) is 51.9 Å². The van der Waals surface area contributed by atoms with Crippen molar-refractivity contribution in [3.8, 4) is 0 Å². The number of ether oxygens (including phenoxy) is 2. The lowest BCUT2D eigenvalue weighted by molar-refractivity contribution is -0.193. The fourth-order valence-corrected chi connectivity index (χ4v) is 1.60. The van der Waals surface area contributed by atoms with Gasteiger partial charge >= 0.3 is 26.9 Å². The van der Waals surface area contributed by atoms with Crippen LogP contribution in [0.2, 0.25) is 0 Å². The van der Waals surface area contributed by atoms with Crippen LogP contribution < -0.4 is 11.0 Å². The molecule has 0 aromatic heterocycles. The van der Waals surface area contributed by atoms with E-state index in [1.165, 1.54) is 19.6 Å². The van der Waals surface area contributed by atoms with E-state index in [1.807, 2.05) is 11.0 Å². The van der Waals surface area contributed by atoms with Crippen molar-refractivity contribution in [3.05, 3.63) is 0 Å². The minimum Gasteiger partial charge on any atom is -0.379 e. The maximum absolute atomic E-state index is 11.2. The second kappa shape index (κ2) is 17.5. The van der Waals surface area contributed by atoms with Crippen LogP contribution in [0.1, 0.15) is 48.5 Å². The summed E-state index contributed by atoms with van der Waals surface area (Å²) < 4.78 is 23.6. The second-order valence-electron chi connectivity index (χ2n) is 5.60. The molecule has 28 heavy (non-hydrogen) atoms. The van der Waals surface area contributed by atoms with Gasteiger partial charge in [0.1, 0.15) is 0 Å². The van der Waals surface area contributed by atoms with Crippen molar-refractivity contribution in [3.63, 3.8) is 0 Å². The van der Waals surface area contributed by atoms with Gasteiger partial charge in [-0.1, -0.05) is 20.8 Å². The molecule has 3 N–H and O–H groups in total. The van der Waals surface area contributed by atoms with Crippen LogP contribution in [0, 0.1) is 0 Å². The van der Waals surface area contributed by atoms with Gasteiger partial charge in [-0.25, -0.2) is 9.59 Å². The third-order valence-electron chi connectivity index (χ3n) is 2.68. The molecule has 0 aliphatic rings. The quantitative estimate of drug-likeness (QED) is 0.254. The summed E-state index contributed by atoms with van der Waals surface area (Å²) in [6, 6.07) is 0. The normalized spacial score (nSPS) is 11.2. The van der Waals surface area contributed by atoms with Crippen LogP contribution in [-0.4, -0.2) is 60.3 Å². The van der Waals surface area contributed by atoms with E-state index in [4.69, 9.17) is 14.6 Å². The Bertz CT molecular complexity index is 417. The van der Waals surface area contributed by atoms with Crippen molar-refractivity contribution in [1.29, 1.82) is 0 Å². The highest BCUT2D eigenvalue weighted by Crippen LogP contribution is 2.19. The Balaban J connectivity index is 0. The molecule has 0 saturated heterocycles. The highest BCUT2D eigenvalue weighted by atomic mass is 31.1. The Kier molecular flexibility index (Phi) is 17.9. The van der Waals surface area contributed by atoms with E-state index in [0.29, 0.717) is 0 Å². The first-order valence-electron chi connectivity index (χ1n) is 8.85. The molecule has 2 amide bonds. The second-order valence-corrected chi connectivity index (χ2v) is 6.29. The fourth-order valence-electron chi connectivity index (χ4n) is 1.37. The molecule has 0 aromatic rings. The maximum Gasteiger partial charge on any atom is 0.702 e. The monoisotopic (exact) mass is 430 g/mol. The number of carbonyl (C=O) groups is 2. The summed E-state index contributed by atoms with van der Waals surface area (Å²) in [6.45, 7) is 14.6. The molecule has 0 rings (SSSR count). The predicted octanol–water partition coefficient (Wildman–Crippen LogP) is 2.42. The smallest absolute Gasteiger partial charge is 0.379 e. The summed E-state index contributed by atoms with van der Waals surface area (Å²) >= 11 is 0. The Morgan fingerprint density at radius 3 is 1.46 bits per heavy atom. The van der Waals surface area contributed by atoms with Gasteiger partial charge in [-0.3, -0.25) is 9.68 Å². The third kappa shape index (κ3) is 19.2. The molecule has 0 saturated carbocycles. The van der Waals surface area contributed by atoms with Crippen molar-refractivity contribution < 1.29 is 42.7 Å². The van der Waals surface area contributed by atoms with Crippen LogP contribution in [0.3, 0.4) is 0 Å². The molecule has 1 unspecified atom stereocenters. The molecule has 0 spiro atoms. The van der Waals surface area contributed by atoms with Gasteiger partial charge in [0.25, 0.3) is 0 Å². The highest BCUT2D eigenvalue weighted by Gasteiger charge is 2.31. The van der Waals surface area contributed by atoms with E-state index in [0.717, 1.165) is 0 Å². The minimum absolute atomic E-state index is 0.338. The molecule has 12 nitrogen and oxygen atoms in total. The zero-order chi connectivity index (χ0) is 22.1. The molecule has 0 aromatic carbocycles. The first-order valence-corrected chi connectivity index (χ1v) is 9.98. The summed E-state index contributed by atoms with van der Waals surface area (Å²) in [5.41, 5.74) is 3.70. The van der Waals surface area contributed by atoms with E-state index in [1.54, 1.807) is 27.7 Å². The molecule has 0 aliphatic carbocycles. The van der Waals surface area contributed by atoms with Crippen LogP contribution in [0.15, 0.2) is 0 Å². The lowest BCUT2D eigenvalue weighted by atomic mass is 10.5. The van der Waals surface area contributed by atoms with Gasteiger partial charge in [0.2, 0.25) is 0 Å². The largest absolute Gasteiger partial charge is 0.702 e.